The molecule has 3 rings (SSSR count). The van der Waals surface area contributed by atoms with Crippen molar-refractivity contribution in [2.45, 2.75) is 6.61 Å². The van der Waals surface area contributed by atoms with Crippen LogP contribution in [-0.4, -0.2) is 0 Å². The van der Waals surface area contributed by atoms with Crippen molar-refractivity contribution >= 4 is 50.8 Å². The average molecular weight is 459 g/mol. The number of rotatable bonds is 5. The minimum absolute atomic E-state index is 0.350. The van der Waals surface area contributed by atoms with E-state index in [1.165, 1.54) is 0 Å². The Labute approximate surface area is 176 Å². The van der Waals surface area contributed by atoms with Gasteiger partial charge in [-0.25, -0.2) is 0 Å². The van der Waals surface area contributed by atoms with Gasteiger partial charge >= 0.3 is 0 Å². The molecule has 0 N–H and O–H groups in total. The number of ether oxygens (including phenoxy) is 1. The van der Waals surface area contributed by atoms with Gasteiger partial charge in [0.1, 0.15) is 12.4 Å². The van der Waals surface area contributed by atoms with Crippen LogP contribution in [0.25, 0.3) is 11.6 Å². The van der Waals surface area contributed by atoms with Gasteiger partial charge in [0.05, 0.1) is 16.7 Å². The van der Waals surface area contributed by atoms with Crippen LogP contribution in [0.5, 0.6) is 5.75 Å². The lowest BCUT2D eigenvalue weighted by molar-refractivity contribution is 0.306. The van der Waals surface area contributed by atoms with Crippen LogP contribution in [0.4, 0.5) is 0 Å². The van der Waals surface area contributed by atoms with Crippen molar-refractivity contribution < 1.29 is 4.74 Å². The van der Waals surface area contributed by atoms with Gasteiger partial charge in [-0.3, -0.25) is 0 Å². The molecule has 0 radical (unpaired) electrons. The Morgan fingerprint density at radius 2 is 1.74 bits per heavy atom. The lowest BCUT2D eigenvalue weighted by atomic mass is 10.0. The van der Waals surface area contributed by atoms with Crippen molar-refractivity contribution in [3.63, 3.8) is 0 Å². The first kappa shape index (κ1) is 19.5. The summed E-state index contributed by atoms with van der Waals surface area (Å²) in [6.45, 7) is 0.350. The second-order valence-corrected chi connectivity index (χ2v) is 7.52. The van der Waals surface area contributed by atoms with Crippen molar-refractivity contribution in [3.05, 3.63) is 97.9 Å². The summed E-state index contributed by atoms with van der Waals surface area (Å²) >= 11 is 16.0. The number of benzene rings is 3. The van der Waals surface area contributed by atoms with E-state index >= 15 is 0 Å². The van der Waals surface area contributed by atoms with Gasteiger partial charge in [-0.15, -0.1) is 0 Å². The molecule has 0 aliphatic rings. The minimum atomic E-state index is 0.350. The molecule has 0 heterocycles. The van der Waals surface area contributed by atoms with Crippen molar-refractivity contribution in [1.29, 1.82) is 5.26 Å². The van der Waals surface area contributed by atoms with E-state index in [0.717, 1.165) is 15.6 Å². The van der Waals surface area contributed by atoms with E-state index in [-0.39, 0.29) is 0 Å². The molecule has 0 bridgehead atoms. The van der Waals surface area contributed by atoms with Crippen molar-refractivity contribution in [3.8, 4) is 11.8 Å². The zero-order valence-electron chi connectivity index (χ0n) is 14.1. The number of hydrogen-bond donors (Lipinski definition) is 0. The van der Waals surface area contributed by atoms with Crippen LogP contribution >= 0.6 is 39.1 Å². The highest BCUT2D eigenvalue weighted by Crippen LogP contribution is 2.35. The lowest BCUT2D eigenvalue weighted by Crippen LogP contribution is -1.98. The molecule has 0 aliphatic carbocycles. The normalized spacial score (nSPS) is 11.1. The molecule has 134 valence electrons. The number of hydrogen-bond acceptors (Lipinski definition) is 2. The standard InChI is InChI=1S/C22H14BrCl2NO/c23-19-8-6-15(7-9-19)14-27-22-17(11-20(24)12-21(22)25)10-18(13-26)16-4-2-1-3-5-16/h1-12H,14H2/b18-10+. The molecule has 0 saturated carbocycles. The van der Waals surface area contributed by atoms with Gasteiger partial charge in [-0.05, 0) is 41.5 Å². The van der Waals surface area contributed by atoms with Crippen LogP contribution in [0, 0.1) is 11.3 Å². The largest absolute Gasteiger partial charge is 0.487 e. The van der Waals surface area contributed by atoms with Crippen molar-refractivity contribution in [2.24, 2.45) is 0 Å². The van der Waals surface area contributed by atoms with Crippen molar-refractivity contribution in [1.82, 2.24) is 0 Å². The van der Waals surface area contributed by atoms with E-state index in [2.05, 4.69) is 22.0 Å². The highest BCUT2D eigenvalue weighted by molar-refractivity contribution is 9.10. The van der Waals surface area contributed by atoms with E-state index < -0.39 is 0 Å². The van der Waals surface area contributed by atoms with Crippen LogP contribution in [-0.2, 0) is 6.61 Å². The molecule has 0 fully saturated rings. The third kappa shape index (κ3) is 5.14. The Morgan fingerprint density at radius 3 is 2.41 bits per heavy atom. The molecule has 0 aliphatic heterocycles. The quantitative estimate of drug-likeness (QED) is 0.294. The van der Waals surface area contributed by atoms with E-state index in [0.29, 0.717) is 33.5 Å². The van der Waals surface area contributed by atoms with E-state index in [9.17, 15) is 5.26 Å². The fourth-order valence-electron chi connectivity index (χ4n) is 2.53. The summed E-state index contributed by atoms with van der Waals surface area (Å²) in [5.41, 5.74) is 2.98. The zero-order chi connectivity index (χ0) is 19.2. The Morgan fingerprint density at radius 1 is 1.04 bits per heavy atom. The van der Waals surface area contributed by atoms with Gasteiger partial charge in [0.25, 0.3) is 0 Å². The first-order valence-electron chi connectivity index (χ1n) is 8.10. The highest BCUT2D eigenvalue weighted by atomic mass is 79.9. The summed E-state index contributed by atoms with van der Waals surface area (Å²) in [6, 6.07) is 22.9. The molecule has 3 aromatic carbocycles. The monoisotopic (exact) mass is 457 g/mol. The summed E-state index contributed by atoms with van der Waals surface area (Å²) < 4.78 is 6.97. The summed E-state index contributed by atoms with van der Waals surface area (Å²) in [5.74, 6) is 0.493. The molecule has 27 heavy (non-hydrogen) atoms. The molecule has 0 spiro atoms. The number of allylic oxidation sites excluding steroid dienone is 1. The summed E-state index contributed by atoms with van der Waals surface area (Å²) in [7, 11) is 0. The maximum Gasteiger partial charge on any atom is 0.145 e. The Balaban J connectivity index is 1.96. The molecule has 0 saturated heterocycles. The van der Waals surface area contributed by atoms with Crippen LogP contribution in [0.1, 0.15) is 16.7 Å². The number of halogens is 3. The molecule has 3 aromatic rings. The van der Waals surface area contributed by atoms with Gasteiger partial charge in [-0.1, -0.05) is 81.6 Å². The molecule has 0 atom stereocenters. The Kier molecular flexibility index (Phi) is 6.58. The predicted molar refractivity (Wildman–Crippen MR) is 115 cm³/mol. The third-order valence-electron chi connectivity index (χ3n) is 3.84. The van der Waals surface area contributed by atoms with Gasteiger partial charge in [0.2, 0.25) is 0 Å². The van der Waals surface area contributed by atoms with Crippen LogP contribution < -0.4 is 4.74 Å². The minimum Gasteiger partial charge on any atom is -0.487 e. The van der Waals surface area contributed by atoms with Gasteiger partial charge in [-0.2, -0.15) is 5.26 Å². The molecular weight excluding hydrogens is 445 g/mol. The summed E-state index contributed by atoms with van der Waals surface area (Å²) in [4.78, 5) is 0. The van der Waals surface area contributed by atoms with Crippen LogP contribution in [0.2, 0.25) is 10.0 Å². The highest BCUT2D eigenvalue weighted by Gasteiger charge is 2.12. The van der Waals surface area contributed by atoms with Crippen molar-refractivity contribution in [2.75, 3.05) is 0 Å². The predicted octanol–water partition coefficient (Wildman–Crippen LogP) is 7.40. The Hall–Kier alpha value is -2.25. The smallest absolute Gasteiger partial charge is 0.145 e. The maximum atomic E-state index is 9.57. The second-order valence-electron chi connectivity index (χ2n) is 5.76. The molecule has 2 nitrogen and oxygen atoms in total. The third-order valence-corrected chi connectivity index (χ3v) is 4.87. The lowest BCUT2D eigenvalue weighted by Gasteiger charge is -2.13. The Bertz CT molecular complexity index is 1010. The fourth-order valence-corrected chi connectivity index (χ4v) is 3.36. The fraction of sp³-hybridized carbons (Fsp3) is 0.0455. The SMILES string of the molecule is N#C/C(=C\c1cc(Cl)cc(Cl)c1OCc1ccc(Br)cc1)c1ccccc1. The van der Waals surface area contributed by atoms with Gasteiger partial charge in [0.15, 0.2) is 0 Å². The van der Waals surface area contributed by atoms with Crippen LogP contribution in [0.15, 0.2) is 71.2 Å². The summed E-state index contributed by atoms with van der Waals surface area (Å²) in [5, 5.41) is 10.5. The first-order valence-corrected chi connectivity index (χ1v) is 9.65. The molecule has 5 heteroatoms. The maximum absolute atomic E-state index is 9.57. The second kappa shape index (κ2) is 9.10. The van der Waals surface area contributed by atoms with Gasteiger partial charge in [0, 0.05) is 15.1 Å². The topological polar surface area (TPSA) is 33.0 Å². The average Bonchev–Trinajstić information content (AvgIpc) is 2.67. The molecule has 0 unspecified atom stereocenters. The molecular formula is C22H14BrCl2NO. The zero-order valence-corrected chi connectivity index (χ0v) is 17.2. The van der Waals surface area contributed by atoms with Gasteiger partial charge < -0.3 is 4.74 Å². The number of nitrogens with zero attached hydrogens (tertiary/aromatic N) is 1. The van der Waals surface area contributed by atoms with Crippen LogP contribution in [0.3, 0.4) is 0 Å². The molecule has 0 amide bonds. The van der Waals surface area contributed by atoms with E-state index in [1.807, 2.05) is 54.6 Å². The summed E-state index contributed by atoms with van der Waals surface area (Å²) in [6.07, 6.45) is 1.74. The van der Waals surface area contributed by atoms with E-state index in [4.69, 9.17) is 27.9 Å². The van der Waals surface area contributed by atoms with E-state index in [1.54, 1.807) is 18.2 Å². The number of nitriles is 1. The first-order chi connectivity index (χ1) is 13.1. The molecule has 0 aromatic heterocycles.